The molecule has 3 aromatic carbocycles. The van der Waals surface area contributed by atoms with E-state index in [4.69, 9.17) is 27.2 Å². The number of benzene rings is 3. The second-order valence-corrected chi connectivity index (χ2v) is 8.81. The van der Waals surface area contributed by atoms with Gasteiger partial charge in [0.15, 0.2) is 5.11 Å². The number of anilines is 2. The van der Waals surface area contributed by atoms with E-state index in [1.807, 2.05) is 19.1 Å². The number of nitrogens with one attached hydrogen (secondary N) is 2. The van der Waals surface area contributed by atoms with E-state index >= 15 is 0 Å². The van der Waals surface area contributed by atoms with E-state index in [1.165, 1.54) is 12.8 Å². The van der Waals surface area contributed by atoms with E-state index < -0.39 is 0 Å². The second kappa shape index (κ2) is 10.7. The Kier molecular flexibility index (Phi) is 7.49. The maximum absolute atomic E-state index is 12.7. The number of aromatic nitrogens is 3. The lowest BCUT2D eigenvalue weighted by molar-refractivity contribution is 0.0975. The molecule has 0 saturated carbocycles. The van der Waals surface area contributed by atoms with Crippen LogP contribution < -0.4 is 20.3 Å². The highest BCUT2D eigenvalue weighted by atomic mass is 32.1. The fourth-order valence-electron chi connectivity index (χ4n) is 4.12. The molecule has 0 aliphatic rings. The van der Waals surface area contributed by atoms with Gasteiger partial charge in [0.1, 0.15) is 16.8 Å². The largest absolute Gasteiger partial charge is 0.496 e. The summed E-state index contributed by atoms with van der Waals surface area (Å²) in [5.74, 6) is 0.130. The Bertz CT molecular complexity index is 1430. The number of para-hydroxylation sites is 1. The number of methoxy groups -OCH3 is 1. The summed E-state index contributed by atoms with van der Waals surface area (Å²) >= 11 is 5.40. The molecule has 186 valence electrons. The summed E-state index contributed by atoms with van der Waals surface area (Å²) in [5, 5.41) is 15.4. The molecule has 0 aliphatic heterocycles. The van der Waals surface area contributed by atoms with Gasteiger partial charge in [-0.15, -0.1) is 10.2 Å². The number of ether oxygens (including phenoxy) is 1. The van der Waals surface area contributed by atoms with Crippen molar-refractivity contribution in [3.05, 3.63) is 71.3 Å². The molecule has 0 spiro atoms. The average Bonchev–Trinajstić information content (AvgIpc) is 3.27. The monoisotopic (exact) mass is 502 g/mol. The number of thiocarbonyl (C=S) groups is 1. The zero-order chi connectivity index (χ0) is 25.8. The summed E-state index contributed by atoms with van der Waals surface area (Å²) < 4.78 is 5.27. The highest BCUT2D eigenvalue weighted by molar-refractivity contribution is 7.80. The fraction of sp³-hybridized carbons (Fsp3) is 0.259. The van der Waals surface area contributed by atoms with Crippen molar-refractivity contribution in [2.24, 2.45) is 0 Å². The first kappa shape index (κ1) is 25.1. The topological polar surface area (TPSA) is 84.3 Å². The van der Waals surface area contributed by atoms with Gasteiger partial charge in [0.2, 0.25) is 0 Å². The summed E-state index contributed by atoms with van der Waals surface area (Å²) in [6.07, 6.45) is 0. The van der Waals surface area contributed by atoms with Crippen LogP contribution in [0.1, 0.15) is 35.3 Å². The molecule has 1 amide bonds. The third-order valence-electron chi connectivity index (χ3n) is 6.08. The van der Waals surface area contributed by atoms with Crippen molar-refractivity contribution in [3.8, 4) is 11.4 Å². The number of hydrogen-bond donors (Lipinski definition) is 2. The molecule has 4 rings (SSSR count). The summed E-state index contributed by atoms with van der Waals surface area (Å²) in [6.45, 7) is 10.2. The van der Waals surface area contributed by atoms with Crippen molar-refractivity contribution in [3.63, 3.8) is 0 Å². The Hall–Kier alpha value is -3.98. The SMILES string of the molecule is CCN(CC)c1ccc(-n2nc3cc(C)c(NC(=S)NC(=O)c4ccccc4OC)cc3n2)c(C)c1. The van der Waals surface area contributed by atoms with Gasteiger partial charge in [-0.2, -0.15) is 4.80 Å². The number of aryl methyl sites for hydroxylation is 2. The van der Waals surface area contributed by atoms with Crippen molar-refractivity contribution in [1.82, 2.24) is 20.3 Å². The van der Waals surface area contributed by atoms with Gasteiger partial charge in [0, 0.05) is 24.5 Å². The van der Waals surface area contributed by atoms with Gasteiger partial charge < -0.3 is 15.0 Å². The third-order valence-corrected chi connectivity index (χ3v) is 6.28. The predicted octanol–water partition coefficient (Wildman–Crippen LogP) is 5.02. The van der Waals surface area contributed by atoms with Crippen LogP contribution in [0.4, 0.5) is 11.4 Å². The van der Waals surface area contributed by atoms with Gasteiger partial charge in [0.25, 0.3) is 5.91 Å². The lowest BCUT2D eigenvalue weighted by Gasteiger charge is -2.22. The Morgan fingerprint density at radius 1 is 1.00 bits per heavy atom. The molecule has 36 heavy (non-hydrogen) atoms. The summed E-state index contributed by atoms with van der Waals surface area (Å²) in [7, 11) is 1.52. The first-order valence-corrected chi connectivity index (χ1v) is 12.2. The Balaban J connectivity index is 1.55. The molecule has 0 saturated heterocycles. The number of fused-ring (bicyclic) bond motifs is 1. The molecule has 2 N–H and O–H groups in total. The minimum absolute atomic E-state index is 0.184. The van der Waals surface area contributed by atoms with Gasteiger partial charge >= 0.3 is 0 Å². The normalized spacial score (nSPS) is 10.8. The number of hydrogen-bond acceptors (Lipinski definition) is 6. The van der Waals surface area contributed by atoms with Crippen LogP contribution in [0.5, 0.6) is 5.75 Å². The predicted molar refractivity (Wildman–Crippen MR) is 149 cm³/mol. The van der Waals surface area contributed by atoms with Gasteiger partial charge in [0.05, 0.1) is 18.4 Å². The van der Waals surface area contributed by atoms with E-state index in [2.05, 4.69) is 54.5 Å². The van der Waals surface area contributed by atoms with E-state index in [0.29, 0.717) is 16.8 Å². The maximum atomic E-state index is 12.7. The number of carbonyl (C=O) groups excluding carboxylic acids is 1. The van der Waals surface area contributed by atoms with Crippen LogP contribution in [0.3, 0.4) is 0 Å². The van der Waals surface area contributed by atoms with Crippen molar-refractivity contribution in [1.29, 1.82) is 0 Å². The summed E-state index contributed by atoms with van der Waals surface area (Å²) in [4.78, 5) is 16.6. The van der Waals surface area contributed by atoms with Gasteiger partial charge in [-0.05, 0) is 93.5 Å². The number of nitrogens with zero attached hydrogens (tertiary/aromatic N) is 4. The van der Waals surface area contributed by atoms with Crippen LogP contribution in [0, 0.1) is 13.8 Å². The van der Waals surface area contributed by atoms with Gasteiger partial charge in [-0.25, -0.2) is 0 Å². The van der Waals surface area contributed by atoms with Crippen LogP contribution in [-0.2, 0) is 0 Å². The number of carbonyl (C=O) groups is 1. The molecule has 1 aromatic heterocycles. The first-order chi connectivity index (χ1) is 17.3. The Labute approximate surface area is 216 Å². The molecular formula is C27H30N6O2S. The highest BCUT2D eigenvalue weighted by Gasteiger charge is 2.15. The van der Waals surface area contributed by atoms with Crippen LogP contribution in [0.2, 0.25) is 0 Å². The van der Waals surface area contributed by atoms with Gasteiger partial charge in [-0.3, -0.25) is 10.1 Å². The van der Waals surface area contributed by atoms with E-state index in [0.717, 1.165) is 41.1 Å². The number of rotatable bonds is 7. The van der Waals surface area contributed by atoms with Crippen LogP contribution in [0.15, 0.2) is 54.6 Å². The molecule has 0 aliphatic carbocycles. The zero-order valence-electron chi connectivity index (χ0n) is 21.1. The quantitative estimate of drug-likeness (QED) is 0.343. The number of amides is 1. The van der Waals surface area contributed by atoms with E-state index in [9.17, 15) is 4.79 Å². The molecule has 9 heteroatoms. The summed E-state index contributed by atoms with van der Waals surface area (Å²) in [6, 6.07) is 17.1. The van der Waals surface area contributed by atoms with Gasteiger partial charge in [-0.1, -0.05) is 12.1 Å². The van der Waals surface area contributed by atoms with E-state index in [1.54, 1.807) is 29.1 Å². The Morgan fingerprint density at radius 2 is 1.69 bits per heavy atom. The molecule has 1 heterocycles. The second-order valence-electron chi connectivity index (χ2n) is 8.40. The fourth-order valence-corrected chi connectivity index (χ4v) is 4.32. The first-order valence-electron chi connectivity index (χ1n) is 11.8. The lowest BCUT2D eigenvalue weighted by Crippen LogP contribution is -2.34. The molecule has 4 aromatic rings. The molecule has 8 nitrogen and oxygen atoms in total. The molecular weight excluding hydrogens is 472 g/mol. The van der Waals surface area contributed by atoms with Crippen LogP contribution >= 0.6 is 12.2 Å². The minimum atomic E-state index is -0.349. The highest BCUT2D eigenvalue weighted by Crippen LogP contribution is 2.25. The van der Waals surface area contributed by atoms with Crippen molar-refractivity contribution in [2.75, 3.05) is 30.4 Å². The molecule has 0 radical (unpaired) electrons. The smallest absolute Gasteiger partial charge is 0.261 e. The van der Waals surface area contributed by atoms with Crippen LogP contribution in [-0.4, -0.2) is 46.2 Å². The molecule has 0 atom stereocenters. The third kappa shape index (κ3) is 5.16. The maximum Gasteiger partial charge on any atom is 0.261 e. The molecule has 0 fully saturated rings. The van der Waals surface area contributed by atoms with Crippen LogP contribution in [0.25, 0.3) is 16.7 Å². The molecule has 0 unspecified atom stereocenters. The van der Waals surface area contributed by atoms with Crippen molar-refractivity contribution < 1.29 is 9.53 Å². The van der Waals surface area contributed by atoms with Crippen molar-refractivity contribution in [2.45, 2.75) is 27.7 Å². The zero-order valence-corrected chi connectivity index (χ0v) is 21.9. The lowest BCUT2D eigenvalue weighted by atomic mass is 10.1. The standard InChI is InChI=1S/C27H30N6O2S/c1-6-32(7-2)19-12-13-24(18(4)14-19)33-30-22-15-17(3)21(16-23(22)31-33)28-27(36)29-26(34)20-10-8-9-11-25(20)35-5/h8-16H,6-7H2,1-5H3,(H2,28,29,34,36). The minimum Gasteiger partial charge on any atom is -0.496 e. The summed E-state index contributed by atoms with van der Waals surface area (Å²) in [5.41, 5.74) is 6.77. The molecule has 0 bridgehead atoms. The average molecular weight is 503 g/mol. The van der Waals surface area contributed by atoms with Crippen molar-refractivity contribution >= 4 is 45.6 Å². The van der Waals surface area contributed by atoms with E-state index in [-0.39, 0.29) is 11.0 Å². The Morgan fingerprint density at radius 3 is 2.36 bits per heavy atom.